The average Bonchev–Trinajstić information content (AvgIpc) is 2.32. The molecule has 0 aromatic rings. The third-order valence-electron chi connectivity index (χ3n) is 3.35. The fourth-order valence-electron chi connectivity index (χ4n) is 2.45. The van der Waals surface area contributed by atoms with E-state index < -0.39 is 0 Å². The van der Waals surface area contributed by atoms with Crippen molar-refractivity contribution in [2.45, 2.75) is 38.8 Å². The smallest absolute Gasteiger partial charge is 0.253 e. The van der Waals surface area contributed by atoms with Gasteiger partial charge in [0.05, 0.1) is 0 Å². The summed E-state index contributed by atoms with van der Waals surface area (Å²) in [6.07, 6.45) is 3.80. The predicted molar refractivity (Wildman–Crippen MR) is 65.1 cm³/mol. The minimum absolute atomic E-state index is 0.0435. The van der Waals surface area contributed by atoms with E-state index in [9.17, 15) is 4.79 Å². The molecular weight excluding hydrogens is 247 g/mol. The molecule has 0 bridgehead atoms. The number of fused-ring (bicyclic) bond motifs is 1. The first-order chi connectivity index (χ1) is 7.66. The standard InChI is InChI=1S/C11H16Cl2N2O/c1-8-9(5-6-12)11(16)14-7-3-2-4-10(14)15(8)13/h10H,2-7H2,1H3. The van der Waals surface area contributed by atoms with Crippen LogP contribution in [0.3, 0.4) is 0 Å². The summed E-state index contributed by atoms with van der Waals surface area (Å²) >= 11 is 12.0. The van der Waals surface area contributed by atoms with Gasteiger partial charge in [-0.1, -0.05) is 0 Å². The number of carbonyl (C=O) groups excluding carboxylic acids is 1. The number of allylic oxidation sites excluding steroid dienone is 1. The predicted octanol–water partition coefficient (Wildman–Crippen LogP) is 2.70. The largest absolute Gasteiger partial charge is 0.317 e. The van der Waals surface area contributed by atoms with E-state index in [-0.39, 0.29) is 12.1 Å². The normalized spacial score (nSPS) is 26.2. The van der Waals surface area contributed by atoms with Crippen molar-refractivity contribution >= 4 is 29.3 Å². The molecule has 2 heterocycles. The van der Waals surface area contributed by atoms with Crippen molar-refractivity contribution < 1.29 is 4.79 Å². The van der Waals surface area contributed by atoms with Crippen molar-refractivity contribution in [3.63, 3.8) is 0 Å². The maximum atomic E-state index is 12.2. The van der Waals surface area contributed by atoms with Crippen molar-refractivity contribution in [2.24, 2.45) is 0 Å². The Balaban J connectivity index is 2.31. The number of carbonyl (C=O) groups is 1. The Hall–Kier alpha value is -0.410. The summed E-state index contributed by atoms with van der Waals surface area (Å²) in [4.78, 5) is 14.1. The van der Waals surface area contributed by atoms with Crippen molar-refractivity contribution in [1.29, 1.82) is 0 Å². The van der Waals surface area contributed by atoms with Crippen LogP contribution in [0.1, 0.15) is 32.6 Å². The third-order valence-corrected chi connectivity index (χ3v) is 4.02. The number of amides is 1. The Kier molecular flexibility index (Phi) is 3.65. The van der Waals surface area contributed by atoms with E-state index in [1.165, 1.54) is 0 Å². The number of nitrogens with zero attached hydrogens (tertiary/aromatic N) is 2. The molecule has 2 aliphatic rings. The first-order valence-electron chi connectivity index (χ1n) is 5.68. The minimum atomic E-state index is 0.0435. The molecule has 1 saturated heterocycles. The van der Waals surface area contributed by atoms with Gasteiger partial charge in [-0.05, 0) is 32.6 Å². The van der Waals surface area contributed by atoms with Crippen LogP contribution in [-0.2, 0) is 4.79 Å². The summed E-state index contributed by atoms with van der Waals surface area (Å²) in [5.74, 6) is 0.585. The Morgan fingerprint density at radius 1 is 1.44 bits per heavy atom. The number of rotatable bonds is 2. The Labute approximate surface area is 106 Å². The van der Waals surface area contributed by atoms with Gasteiger partial charge in [0.1, 0.15) is 6.17 Å². The summed E-state index contributed by atoms with van der Waals surface area (Å²) < 4.78 is 1.71. The molecule has 1 amide bonds. The zero-order valence-corrected chi connectivity index (χ0v) is 10.9. The molecule has 3 nitrogen and oxygen atoms in total. The molecule has 90 valence electrons. The maximum Gasteiger partial charge on any atom is 0.253 e. The molecule has 1 atom stereocenters. The summed E-state index contributed by atoms with van der Waals surface area (Å²) in [5, 5.41) is 0. The fourth-order valence-corrected chi connectivity index (χ4v) is 2.94. The molecule has 0 spiro atoms. The minimum Gasteiger partial charge on any atom is -0.317 e. The summed E-state index contributed by atoms with van der Waals surface area (Å²) in [6, 6.07) is 0. The van der Waals surface area contributed by atoms with Crippen LogP contribution in [0.15, 0.2) is 11.3 Å². The van der Waals surface area contributed by atoms with Crippen LogP contribution < -0.4 is 0 Å². The number of piperidine rings is 1. The highest BCUT2D eigenvalue weighted by molar-refractivity contribution is 6.18. The van der Waals surface area contributed by atoms with Crippen LogP contribution in [0, 0.1) is 0 Å². The zero-order valence-electron chi connectivity index (χ0n) is 9.38. The lowest BCUT2D eigenvalue weighted by Crippen LogP contribution is -2.54. The van der Waals surface area contributed by atoms with Gasteiger partial charge >= 0.3 is 0 Å². The highest BCUT2D eigenvalue weighted by atomic mass is 35.5. The van der Waals surface area contributed by atoms with E-state index in [0.717, 1.165) is 37.1 Å². The van der Waals surface area contributed by atoms with Crippen LogP contribution in [0.2, 0.25) is 0 Å². The van der Waals surface area contributed by atoms with E-state index in [1.807, 2.05) is 11.8 Å². The van der Waals surface area contributed by atoms with Gasteiger partial charge in [-0.3, -0.25) is 9.21 Å². The third kappa shape index (κ3) is 1.91. The molecule has 0 saturated carbocycles. The molecule has 2 aliphatic heterocycles. The molecule has 0 aliphatic carbocycles. The monoisotopic (exact) mass is 262 g/mol. The molecule has 0 N–H and O–H groups in total. The van der Waals surface area contributed by atoms with Gasteiger partial charge in [0, 0.05) is 35.5 Å². The van der Waals surface area contributed by atoms with Gasteiger partial charge in [-0.25, -0.2) is 0 Å². The SMILES string of the molecule is CC1=C(CCCl)C(=O)N2CCCCC2N1Cl. The van der Waals surface area contributed by atoms with Gasteiger partial charge < -0.3 is 4.90 Å². The second-order valence-electron chi connectivity index (χ2n) is 4.29. The first-order valence-corrected chi connectivity index (χ1v) is 6.55. The summed E-state index contributed by atoms with van der Waals surface area (Å²) in [6.45, 7) is 2.71. The van der Waals surface area contributed by atoms with E-state index in [1.54, 1.807) is 4.42 Å². The van der Waals surface area contributed by atoms with Crippen LogP contribution in [0.4, 0.5) is 0 Å². The lowest BCUT2D eigenvalue weighted by Gasteiger charge is -2.45. The van der Waals surface area contributed by atoms with E-state index in [2.05, 4.69) is 0 Å². The number of hydrogen-bond donors (Lipinski definition) is 0. The van der Waals surface area contributed by atoms with Crippen molar-refractivity contribution in [3.8, 4) is 0 Å². The molecule has 1 unspecified atom stereocenters. The Morgan fingerprint density at radius 2 is 2.19 bits per heavy atom. The van der Waals surface area contributed by atoms with Gasteiger partial charge in [0.25, 0.3) is 5.91 Å². The zero-order chi connectivity index (χ0) is 11.7. The highest BCUT2D eigenvalue weighted by Crippen LogP contribution is 2.33. The Bertz CT molecular complexity index is 330. The second-order valence-corrected chi connectivity index (χ2v) is 5.03. The molecule has 0 radical (unpaired) electrons. The molecular formula is C11H16Cl2N2O. The van der Waals surface area contributed by atoms with Crippen molar-refractivity contribution in [1.82, 2.24) is 9.32 Å². The van der Waals surface area contributed by atoms with E-state index in [0.29, 0.717) is 12.3 Å². The van der Waals surface area contributed by atoms with Crippen LogP contribution >= 0.6 is 23.4 Å². The van der Waals surface area contributed by atoms with Crippen LogP contribution in [-0.4, -0.2) is 33.8 Å². The number of halogens is 2. The molecule has 5 heteroatoms. The van der Waals surface area contributed by atoms with Gasteiger partial charge in [0.15, 0.2) is 0 Å². The fraction of sp³-hybridized carbons (Fsp3) is 0.727. The lowest BCUT2D eigenvalue weighted by molar-refractivity contribution is -0.135. The Morgan fingerprint density at radius 3 is 2.88 bits per heavy atom. The molecule has 1 fully saturated rings. The highest BCUT2D eigenvalue weighted by Gasteiger charge is 2.38. The number of hydrogen-bond acceptors (Lipinski definition) is 2. The average molecular weight is 263 g/mol. The summed E-state index contributed by atoms with van der Waals surface area (Å²) in [5.41, 5.74) is 1.64. The summed E-state index contributed by atoms with van der Waals surface area (Å²) in [7, 11) is 0. The van der Waals surface area contributed by atoms with Gasteiger partial charge in [0.2, 0.25) is 0 Å². The maximum absolute atomic E-state index is 12.2. The molecule has 2 rings (SSSR count). The van der Waals surface area contributed by atoms with Gasteiger partial charge in [-0.2, -0.15) is 0 Å². The molecule has 0 aromatic heterocycles. The van der Waals surface area contributed by atoms with Crippen LogP contribution in [0.5, 0.6) is 0 Å². The number of alkyl halides is 1. The van der Waals surface area contributed by atoms with Crippen LogP contribution in [0.25, 0.3) is 0 Å². The van der Waals surface area contributed by atoms with Gasteiger partial charge in [-0.15, -0.1) is 11.6 Å². The van der Waals surface area contributed by atoms with E-state index >= 15 is 0 Å². The first kappa shape index (κ1) is 12.1. The topological polar surface area (TPSA) is 23.6 Å². The lowest BCUT2D eigenvalue weighted by atomic mass is 10.00. The van der Waals surface area contributed by atoms with Crippen molar-refractivity contribution in [3.05, 3.63) is 11.3 Å². The molecule has 0 aromatic carbocycles. The molecule has 16 heavy (non-hydrogen) atoms. The van der Waals surface area contributed by atoms with Crippen molar-refractivity contribution in [2.75, 3.05) is 12.4 Å². The quantitative estimate of drug-likeness (QED) is 0.565. The second kappa shape index (κ2) is 4.84. The van der Waals surface area contributed by atoms with E-state index in [4.69, 9.17) is 23.4 Å².